The van der Waals surface area contributed by atoms with E-state index in [1.54, 1.807) is 6.07 Å². The molecule has 1 saturated heterocycles. The number of terminal acetylenes is 1. The standard InChI is InChI=1S/C16H20N2O3/c1-2-8-20-11-12-4-3-7-18(10-12)16(19)14-9-15(21-17-14)13-5-6-13/h1,9,12-13H,3-8,10-11H2. The molecule has 3 rings (SSSR count). The van der Waals surface area contributed by atoms with Gasteiger partial charge in [-0.25, -0.2) is 0 Å². The van der Waals surface area contributed by atoms with Crippen LogP contribution in [0.15, 0.2) is 10.6 Å². The lowest BCUT2D eigenvalue weighted by atomic mass is 9.98. The van der Waals surface area contributed by atoms with Crippen LogP contribution in [0.3, 0.4) is 0 Å². The molecule has 112 valence electrons. The maximum atomic E-state index is 12.5. The third-order valence-electron chi connectivity index (χ3n) is 4.07. The Morgan fingerprint density at radius 2 is 2.38 bits per heavy atom. The Hall–Kier alpha value is -1.80. The van der Waals surface area contributed by atoms with Crippen molar-refractivity contribution in [2.45, 2.75) is 31.6 Å². The summed E-state index contributed by atoms with van der Waals surface area (Å²) in [5, 5.41) is 3.93. The van der Waals surface area contributed by atoms with E-state index in [-0.39, 0.29) is 5.91 Å². The minimum atomic E-state index is -0.0349. The van der Waals surface area contributed by atoms with E-state index < -0.39 is 0 Å². The van der Waals surface area contributed by atoms with Crippen molar-refractivity contribution in [3.05, 3.63) is 17.5 Å². The largest absolute Gasteiger partial charge is 0.368 e. The number of carbonyl (C=O) groups excluding carboxylic acids is 1. The van der Waals surface area contributed by atoms with Gasteiger partial charge < -0.3 is 14.2 Å². The van der Waals surface area contributed by atoms with E-state index >= 15 is 0 Å². The van der Waals surface area contributed by atoms with Crippen LogP contribution in [-0.2, 0) is 4.74 Å². The van der Waals surface area contributed by atoms with Gasteiger partial charge in [-0.05, 0) is 25.7 Å². The number of rotatable bonds is 5. The molecule has 2 heterocycles. The van der Waals surface area contributed by atoms with Gasteiger partial charge in [0.15, 0.2) is 5.69 Å². The second-order valence-corrected chi connectivity index (χ2v) is 5.87. The molecule has 1 saturated carbocycles. The van der Waals surface area contributed by atoms with Crippen LogP contribution in [0.1, 0.15) is 47.8 Å². The fourth-order valence-electron chi connectivity index (χ4n) is 2.78. The van der Waals surface area contributed by atoms with Gasteiger partial charge >= 0.3 is 0 Å². The molecule has 1 aliphatic heterocycles. The fraction of sp³-hybridized carbons (Fsp3) is 0.625. The Bertz CT molecular complexity index is 542. The first kappa shape index (κ1) is 14.2. The summed E-state index contributed by atoms with van der Waals surface area (Å²) in [6.07, 6.45) is 9.51. The summed E-state index contributed by atoms with van der Waals surface area (Å²) < 4.78 is 10.7. The summed E-state index contributed by atoms with van der Waals surface area (Å²) in [7, 11) is 0. The van der Waals surface area contributed by atoms with Gasteiger partial charge in [-0.2, -0.15) is 0 Å². The molecule has 1 aromatic heterocycles. The van der Waals surface area contributed by atoms with Crippen LogP contribution in [0, 0.1) is 18.3 Å². The highest BCUT2D eigenvalue weighted by Gasteiger charge is 2.31. The predicted molar refractivity (Wildman–Crippen MR) is 76.8 cm³/mol. The number of hydrogen-bond acceptors (Lipinski definition) is 4. The Morgan fingerprint density at radius 3 is 3.14 bits per heavy atom. The molecule has 0 radical (unpaired) electrons. The summed E-state index contributed by atoms with van der Waals surface area (Å²) in [5.41, 5.74) is 0.432. The van der Waals surface area contributed by atoms with Gasteiger partial charge in [0.2, 0.25) is 0 Å². The van der Waals surface area contributed by atoms with Crippen LogP contribution >= 0.6 is 0 Å². The zero-order chi connectivity index (χ0) is 14.7. The number of carbonyl (C=O) groups is 1. The molecule has 0 spiro atoms. The molecule has 5 heteroatoms. The van der Waals surface area contributed by atoms with E-state index in [2.05, 4.69) is 11.1 Å². The number of amides is 1. The maximum absolute atomic E-state index is 12.5. The first-order chi connectivity index (χ1) is 10.3. The summed E-state index contributed by atoms with van der Waals surface area (Å²) in [6.45, 7) is 2.42. The van der Waals surface area contributed by atoms with E-state index in [1.165, 1.54) is 0 Å². The summed E-state index contributed by atoms with van der Waals surface area (Å²) in [4.78, 5) is 14.3. The van der Waals surface area contributed by atoms with E-state index in [4.69, 9.17) is 15.7 Å². The highest BCUT2D eigenvalue weighted by molar-refractivity contribution is 5.92. The lowest BCUT2D eigenvalue weighted by molar-refractivity contribution is 0.0526. The number of aromatic nitrogens is 1. The number of nitrogens with zero attached hydrogens (tertiary/aromatic N) is 2. The minimum Gasteiger partial charge on any atom is -0.368 e. The van der Waals surface area contributed by atoms with Crippen molar-refractivity contribution in [2.75, 3.05) is 26.3 Å². The smallest absolute Gasteiger partial charge is 0.276 e. The molecule has 1 unspecified atom stereocenters. The fourth-order valence-corrected chi connectivity index (χ4v) is 2.78. The van der Waals surface area contributed by atoms with Crippen LogP contribution in [0.2, 0.25) is 0 Å². The van der Waals surface area contributed by atoms with Crippen LogP contribution in [0.4, 0.5) is 0 Å². The zero-order valence-electron chi connectivity index (χ0n) is 12.1. The van der Waals surface area contributed by atoms with Crippen molar-refractivity contribution in [3.63, 3.8) is 0 Å². The second-order valence-electron chi connectivity index (χ2n) is 5.87. The first-order valence-electron chi connectivity index (χ1n) is 7.55. The summed E-state index contributed by atoms with van der Waals surface area (Å²) in [5.74, 6) is 4.11. The number of hydrogen-bond donors (Lipinski definition) is 0. The van der Waals surface area contributed by atoms with Gasteiger partial charge in [0.1, 0.15) is 12.4 Å². The lowest BCUT2D eigenvalue weighted by Gasteiger charge is -2.31. The molecule has 1 atom stereocenters. The predicted octanol–water partition coefficient (Wildman–Crippen LogP) is 2.05. The van der Waals surface area contributed by atoms with E-state index in [0.717, 1.165) is 38.0 Å². The second kappa shape index (κ2) is 6.31. The van der Waals surface area contributed by atoms with Crippen LogP contribution < -0.4 is 0 Å². The molecule has 1 amide bonds. The van der Waals surface area contributed by atoms with E-state index in [1.807, 2.05) is 4.90 Å². The summed E-state index contributed by atoms with van der Waals surface area (Å²) in [6, 6.07) is 1.80. The normalized spacial score (nSPS) is 22.0. The molecule has 2 aliphatic rings. The molecule has 1 aromatic rings. The monoisotopic (exact) mass is 288 g/mol. The SMILES string of the molecule is C#CCOCC1CCCN(C(=O)c2cc(C3CC3)on2)C1. The Labute approximate surface area is 124 Å². The average molecular weight is 288 g/mol. The van der Waals surface area contributed by atoms with Gasteiger partial charge in [0.25, 0.3) is 5.91 Å². The van der Waals surface area contributed by atoms with Crippen molar-refractivity contribution < 1.29 is 14.1 Å². The van der Waals surface area contributed by atoms with E-state index in [9.17, 15) is 4.79 Å². The number of likely N-dealkylation sites (tertiary alicyclic amines) is 1. The van der Waals surface area contributed by atoms with Crippen LogP contribution in [0.25, 0.3) is 0 Å². The van der Waals surface area contributed by atoms with Gasteiger partial charge in [-0.15, -0.1) is 6.42 Å². The van der Waals surface area contributed by atoms with Crippen LogP contribution in [0.5, 0.6) is 0 Å². The molecular formula is C16H20N2O3. The molecule has 1 aliphatic carbocycles. The van der Waals surface area contributed by atoms with Gasteiger partial charge in [-0.1, -0.05) is 11.1 Å². The molecule has 0 aromatic carbocycles. The highest BCUT2D eigenvalue weighted by Crippen LogP contribution is 2.40. The average Bonchev–Trinajstić information content (AvgIpc) is 3.25. The molecule has 0 bridgehead atoms. The van der Waals surface area contributed by atoms with Crippen molar-refractivity contribution in [1.82, 2.24) is 10.1 Å². The number of piperidine rings is 1. The van der Waals surface area contributed by atoms with Crippen molar-refractivity contribution in [2.24, 2.45) is 5.92 Å². The summed E-state index contributed by atoms with van der Waals surface area (Å²) >= 11 is 0. The van der Waals surface area contributed by atoms with Crippen molar-refractivity contribution >= 4 is 5.91 Å². The van der Waals surface area contributed by atoms with Gasteiger partial charge in [0, 0.05) is 31.0 Å². The van der Waals surface area contributed by atoms with E-state index in [0.29, 0.717) is 37.3 Å². The van der Waals surface area contributed by atoms with Crippen molar-refractivity contribution in [3.8, 4) is 12.3 Å². The van der Waals surface area contributed by atoms with Crippen LogP contribution in [-0.4, -0.2) is 42.3 Å². The van der Waals surface area contributed by atoms with Gasteiger partial charge in [0.05, 0.1) is 6.61 Å². The Morgan fingerprint density at radius 1 is 1.52 bits per heavy atom. The third-order valence-corrected chi connectivity index (χ3v) is 4.07. The Kier molecular flexibility index (Phi) is 4.26. The molecule has 5 nitrogen and oxygen atoms in total. The first-order valence-corrected chi connectivity index (χ1v) is 7.55. The zero-order valence-corrected chi connectivity index (χ0v) is 12.1. The topological polar surface area (TPSA) is 55.6 Å². The molecule has 21 heavy (non-hydrogen) atoms. The Balaban J connectivity index is 1.56. The minimum absolute atomic E-state index is 0.0349. The quantitative estimate of drug-likeness (QED) is 0.614. The molecule has 0 N–H and O–H groups in total. The number of ether oxygens (including phenoxy) is 1. The molecule has 2 fully saturated rings. The van der Waals surface area contributed by atoms with Gasteiger partial charge in [-0.3, -0.25) is 4.79 Å². The molecular weight excluding hydrogens is 268 g/mol. The lowest BCUT2D eigenvalue weighted by Crippen LogP contribution is -2.41. The maximum Gasteiger partial charge on any atom is 0.276 e. The highest BCUT2D eigenvalue weighted by atomic mass is 16.5. The van der Waals surface area contributed by atoms with Crippen molar-refractivity contribution in [1.29, 1.82) is 0 Å². The third kappa shape index (κ3) is 3.45.